The molecule has 0 unspecified atom stereocenters. The second-order valence-corrected chi connectivity index (χ2v) is 13.1. The Bertz CT molecular complexity index is 1380. The van der Waals surface area contributed by atoms with E-state index in [0.717, 1.165) is 42.6 Å². The summed E-state index contributed by atoms with van der Waals surface area (Å²) in [6.45, 7) is 9.08. The van der Waals surface area contributed by atoms with Crippen molar-refractivity contribution in [2.45, 2.75) is 103 Å². The van der Waals surface area contributed by atoms with Crippen molar-refractivity contribution in [1.82, 2.24) is 9.97 Å². The van der Waals surface area contributed by atoms with E-state index in [1.165, 1.54) is 55.2 Å². The molecule has 42 heavy (non-hydrogen) atoms. The van der Waals surface area contributed by atoms with Crippen LogP contribution in [-0.2, 0) is 35.7 Å². The van der Waals surface area contributed by atoms with Crippen LogP contribution >= 0.6 is 0 Å². The van der Waals surface area contributed by atoms with Crippen molar-refractivity contribution in [2.75, 3.05) is 0 Å². The number of benzene rings is 1. The van der Waals surface area contributed by atoms with Crippen molar-refractivity contribution in [3.8, 4) is 11.3 Å². The Morgan fingerprint density at radius 3 is 2.10 bits per heavy atom. The quantitative estimate of drug-likeness (QED) is 0.165. The summed E-state index contributed by atoms with van der Waals surface area (Å²) in [4.78, 5) is 21.4. The third-order valence-electron chi connectivity index (χ3n) is 9.61. The first-order valence-corrected chi connectivity index (χ1v) is 15.6. The topological polar surface area (TPSA) is 63.1 Å². The zero-order valence-corrected chi connectivity index (χ0v) is 28.0. The summed E-state index contributed by atoms with van der Waals surface area (Å²) >= 11 is 0. The number of carbonyl (C=O) groups excluding carboxylic acids is 1. The van der Waals surface area contributed by atoms with E-state index in [2.05, 4.69) is 56.9 Å². The molecule has 3 aromatic rings. The van der Waals surface area contributed by atoms with Crippen LogP contribution in [0.15, 0.2) is 66.7 Å². The number of nitrogens with zero attached hydrogens (tertiary/aromatic N) is 2. The smallest absolute Gasteiger partial charge is 0.162 e. The fourth-order valence-electron chi connectivity index (χ4n) is 7.22. The number of allylic oxidation sites excluding steroid dienone is 2. The van der Waals surface area contributed by atoms with Gasteiger partial charge in [0.2, 0.25) is 0 Å². The molecule has 2 heterocycles. The average molecular weight is 742 g/mol. The van der Waals surface area contributed by atoms with Crippen LogP contribution in [0.3, 0.4) is 0 Å². The molecule has 5 heteroatoms. The zero-order valence-electron chi connectivity index (χ0n) is 25.6. The molecule has 0 bridgehead atoms. The number of fused-ring (bicyclic) bond motifs is 2. The fraction of sp³-hybridized carbons (Fsp3) is 0.486. The number of hydrogen-bond donors (Lipinski definition) is 1. The Morgan fingerprint density at radius 2 is 1.45 bits per heavy atom. The van der Waals surface area contributed by atoms with E-state index in [1.54, 1.807) is 6.08 Å². The molecule has 1 N–H and O–H groups in total. The average Bonchev–Trinajstić information content (AvgIpc) is 3.01. The van der Waals surface area contributed by atoms with Crippen molar-refractivity contribution in [2.24, 2.45) is 11.8 Å². The number of aromatic nitrogens is 2. The number of ketones is 1. The predicted octanol–water partition coefficient (Wildman–Crippen LogP) is 9.06. The zero-order chi connectivity index (χ0) is 29.0. The maximum atomic E-state index is 12.0. The maximum absolute atomic E-state index is 12.0. The Kier molecular flexibility index (Phi) is 10.6. The summed E-state index contributed by atoms with van der Waals surface area (Å²) in [5.41, 5.74) is 6.87. The van der Waals surface area contributed by atoms with Crippen molar-refractivity contribution in [3.63, 3.8) is 0 Å². The molecule has 0 atom stereocenters. The van der Waals surface area contributed by atoms with E-state index < -0.39 is 0 Å². The summed E-state index contributed by atoms with van der Waals surface area (Å²) in [5, 5.41) is 10.0. The molecule has 0 saturated heterocycles. The van der Waals surface area contributed by atoms with Gasteiger partial charge in [0.25, 0.3) is 0 Å². The van der Waals surface area contributed by atoms with E-state index in [-0.39, 0.29) is 48.6 Å². The SMILES string of the molecule is CC1(C)c2cccnc2C(C)(C)c2c(-c3ccccn3)[c-]ccc21.O=C(/C=C(\O)C1CCCCC1)C1CCCCC1.[Ir]. The molecule has 0 amide bonds. The van der Waals surface area contributed by atoms with Crippen LogP contribution < -0.4 is 0 Å². The van der Waals surface area contributed by atoms with Gasteiger partial charge in [-0.2, -0.15) is 0 Å². The molecule has 2 fully saturated rings. The van der Waals surface area contributed by atoms with Gasteiger partial charge >= 0.3 is 0 Å². The molecule has 1 aromatic carbocycles. The summed E-state index contributed by atoms with van der Waals surface area (Å²) in [5.74, 6) is 0.985. The minimum Gasteiger partial charge on any atom is -0.512 e. The van der Waals surface area contributed by atoms with Crippen LogP contribution in [0.4, 0.5) is 0 Å². The van der Waals surface area contributed by atoms with Gasteiger partial charge in [-0.1, -0.05) is 84.4 Å². The van der Waals surface area contributed by atoms with E-state index in [4.69, 9.17) is 4.98 Å². The second kappa shape index (κ2) is 13.8. The van der Waals surface area contributed by atoms with Crippen LogP contribution in [0.25, 0.3) is 11.3 Å². The van der Waals surface area contributed by atoms with Gasteiger partial charge in [-0.15, -0.1) is 34.9 Å². The van der Waals surface area contributed by atoms with Gasteiger partial charge in [0.05, 0.1) is 5.76 Å². The summed E-state index contributed by atoms with van der Waals surface area (Å²) < 4.78 is 0. The molecular weight excluding hydrogens is 697 g/mol. The van der Waals surface area contributed by atoms with Gasteiger partial charge in [0, 0.05) is 56.1 Å². The normalized spacial score (nSPS) is 19.8. The summed E-state index contributed by atoms with van der Waals surface area (Å²) in [6, 6.07) is 18.0. The van der Waals surface area contributed by atoms with Crippen molar-refractivity contribution in [3.05, 3.63) is 95.1 Å². The minimum atomic E-state index is -0.188. The summed E-state index contributed by atoms with van der Waals surface area (Å²) in [6.07, 6.45) is 16.7. The molecule has 4 nitrogen and oxygen atoms in total. The summed E-state index contributed by atoms with van der Waals surface area (Å²) in [7, 11) is 0. The van der Waals surface area contributed by atoms with Gasteiger partial charge in [0.15, 0.2) is 5.78 Å². The van der Waals surface area contributed by atoms with Gasteiger partial charge in [0.1, 0.15) is 0 Å². The molecule has 0 aliphatic heterocycles. The molecule has 225 valence electrons. The maximum Gasteiger partial charge on any atom is 0.162 e. The molecule has 2 saturated carbocycles. The van der Waals surface area contributed by atoms with Crippen LogP contribution in [0, 0.1) is 17.9 Å². The van der Waals surface area contributed by atoms with E-state index in [9.17, 15) is 9.90 Å². The number of pyridine rings is 2. The first-order chi connectivity index (χ1) is 19.7. The minimum absolute atomic E-state index is 0. The van der Waals surface area contributed by atoms with Crippen molar-refractivity contribution in [1.29, 1.82) is 0 Å². The second-order valence-electron chi connectivity index (χ2n) is 13.1. The molecule has 3 aliphatic carbocycles. The third kappa shape index (κ3) is 6.63. The Balaban J connectivity index is 0.000000200. The largest absolute Gasteiger partial charge is 0.512 e. The molecule has 3 aliphatic rings. The monoisotopic (exact) mass is 742 g/mol. The van der Waals surface area contributed by atoms with Crippen LogP contribution in [0.1, 0.15) is 114 Å². The first-order valence-electron chi connectivity index (χ1n) is 15.6. The van der Waals surface area contributed by atoms with E-state index in [0.29, 0.717) is 5.76 Å². The Morgan fingerprint density at radius 1 is 0.810 bits per heavy atom. The Labute approximate surface area is 265 Å². The number of hydrogen-bond acceptors (Lipinski definition) is 4. The predicted molar refractivity (Wildman–Crippen MR) is 166 cm³/mol. The van der Waals surface area contributed by atoms with Gasteiger partial charge in [-0.3, -0.25) is 9.78 Å². The van der Waals surface area contributed by atoms with Gasteiger partial charge in [-0.25, -0.2) is 0 Å². The fourth-order valence-corrected chi connectivity index (χ4v) is 7.22. The van der Waals surface area contributed by atoms with Crippen molar-refractivity contribution < 1.29 is 30.0 Å². The van der Waals surface area contributed by atoms with Crippen LogP contribution in [0.5, 0.6) is 0 Å². The number of rotatable bonds is 4. The van der Waals surface area contributed by atoms with Gasteiger partial charge in [-0.05, 0) is 59.9 Å². The van der Waals surface area contributed by atoms with Crippen molar-refractivity contribution >= 4 is 5.78 Å². The van der Waals surface area contributed by atoms with Crippen LogP contribution in [-0.4, -0.2) is 20.9 Å². The van der Waals surface area contributed by atoms with E-state index in [1.807, 2.05) is 36.7 Å². The van der Waals surface area contributed by atoms with Crippen LogP contribution in [0.2, 0.25) is 0 Å². The molecule has 1 radical (unpaired) electrons. The standard InChI is InChI=1S/C22H21N2.C15H24O2.Ir/c1-21(2)16-10-7-9-15(18-12-5-6-13-23-18)19(16)22(3,4)20-17(21)11-8-14-24-20;16-14(12-7-3-1-4-8-12)11-15(17)13-9-5-2-6-10-13;/h5-8,10-14H,1-4H3;11-13,16H,1-10H2;/q-1;;/b;14-11-;. The number of aliphatic hydroxyl groups excluding tert-OH is 1. The number of aliphatic hydroxyl groups is 1. The third-order valence-corrected chi connectivity index (χ3v) is 9.61. The first kappa shape index (κ1) is 32.3. The van der Waals surface area contributed by atoms with Gasteiger partial charge < -0.3 is 10.1 Å². The Hall–Kier alpha value is -2.62. The molecular formula is C37H45IrN2O2-. The van der Waals surface area contributed by atoms with E-state index >= 15 is 0 Å². The molecule has 2 aromatic heterocycles. The number of carbonyl (C=O) groups is 1. The molecule has 0 spiro atoms. The molecule has 6 rings (SSSR count).